The van der Waals surface area contributed by atoms with Crippen molar-refractivity contribution in [3.63, 3.8) is 0 Å². The summed E-state index contributed by atoms with van der Waals surface area (Å²) < 4.78 is 0. The molecule has 4 atom stereocenters. The topological polar surface area (TPSA) is 55.7 Å². The van der Waals surface area contributed by atoms with Crippen molar-refractivity contribution in [1.29, 1.82) is 0 Å². The molecule has 4 heteroatoms. The zero-order valence-corrected chi connectivity index (χ0v) is 5.70. The highest BCUT2D eigenvalue weighted by Crippen LogP contribution is 2.25. The molecule has 3 N–H and O–H groups in total. The first-order valence-corrected chi connectivity index (χ1v) is 3.65. The quantitative estimate of drug-likeness (QED) is 0.387. The lowest BCUT2D eigenvalue weighted by molar-refractivity contribution is -0.0543. The van der Waals surface area contributed by atoms with Gasteiger partial charge in [-0.3, -0.25) is 5.43 Å². The minimum absolute atomic E-state index is 0.274. The van der Waals surface area contributed by atoms with Crippen molar-refractivity contribution in [3.8, 4) is 0 Å². The molecule has 4 unspecified atom stereocenters. The van der Waals surface area contributed by atoms with Crippen LogP contribution in [-0.4, -0.2) is 40.6 Å². The van der Waals surface area contributed by atoms with E-state index >= 15 is 0 Å². The van der Waals surface area contributed by atoms with E-state index in [2.05, 4.69) is 5.43 Å². The van der Waals surface area contributed by atoms with Crippen molar-refractivity contribution in [2.75, 3.05) is 13.1 Å². The Morgan fingerprint density at radius 3 is 2.80 bits per heavy atom. The molecule has 2 saturated heterocycles. The summed E-state index contributed by atoms with van der Waals surface area (Å²) in [7, 11) is 0. The van der Waals surface area contributed by atoms with Crippen molar-refractivity contribution < 1.29 is 10.2 Å². The Labute approximate surface area is 59.4 Å². The van der Waals surface area contributed by atoms with Gasteiger partial charge in [-0.2, -0.15) is 0 Å². The third-order valence-corrected chi connectivity index (χ3v) is 2.37. The summed E-state index contributed by atoms with van der Waals surface area (Å²) in [5.74, 6) is 0.274. The number of aliphatic hydroxyl groups excluding tert-OH is 2. The molecule has 10 heavy (non-hydrogen) atoms. The molecular formula is C6H12N2O2. The van der Waals surface area contributed by atoms with Crippen LogP contribution in [0.5, 0.6) is 0 Å². The molecule has 0 aromatic heterocycles. The maximum absolute atomic E-state index is 9.34. The van der Waals surface area contributed by atoms with Gasteiger partial charge in [0.25, 0.3) is 0 Å². The molecule has 2 aliphatic heterocycles. The van der Waals surface area contributed by atoms with Crippen molar-refractivity contribution in [2.45, 2.75) is 18.8 Å². The second kappa shape index (κ2) is 2.17. The van der Waals surface area contributed by atoms with Crippen LogP contribution in [0.2, 0.25) is 0 Å². The summed E-state index contributed by atoms with van der Waals surface area (Å²) >= 11 is 0. The van der Waals surface area contributed by atoms with E-state index in [-0.39, 0.29) is 5.92 Å². The van der Waals surface area contributed by atoms with Gasteiger partial charge in [-0.1, -0.05) is 0 Å². The van der Waals surface area contributed by atoms with Gasteiger partial charge >= 0.3 is 0 Å². The predicted molar refractivity (Wildman–Crippen MR) is 34.8 cm³/mol. The summed E-state index contributed by atoms with van der Waals surface area (Å²) in [5, 5.41) is 20.3. The Morgan fingerprint density at radius 1 is 1.40 bits per heavy atom. The van der Waals surface area contributed by atoms with Crippen LogP contribution in [-0.2, 0) is 0 Å². The average molecular weight is 144 g/mol. The van der Waals surface area contributed by atoms with Gasteiger partial charge in [0.2, 0.25) is 0 Å². The molecule has 0 aromatic rings. The summed E-state index contributed by atoms with van der Waals surface area (Å²) in [4.78, 5) is 0. The smallest absolute Gasteiger partial charge is 0.146 e. The van der Waals surface area contributed by atoms with Crippen LogP contribution in [0.15, 0.2) is 0 Å². The standard InChI is InChI=1S/C6H12N2O2/c9-5-4-1-2-7-8(3-4)6(5)10/h4-7,9-10H,1-3H2. The summed E-state index contributed by atoms with van der Waals surface area (Å²) in [5.41, 5.74) is 3.01. The lowest BCUT2D eigenvalue weighted by Crippen LogP contribution is -2.45. The highest BCUT2D eigenvalue weighted by Gasteiger charge is 2.41. The fourth-order valence-corrected chi connectivity index (χ4v) is 1.71. The van der Waals surface area contributed by atoms with Crippen molar-refractivity contribution in [2.24, 2.45) is 5.92 Å². The molecule has 0 aliphatic carbocycles. The van der Waals surface area contributed by atoms with E-state index in [4.69, 9.17) is 0 Å². The Bertz CT molecular complexity index is 124. The third-order valence-electron chi connectivity index (χ3n) is 2.37. The molecule has 2 aliphatic rings. The molecular weight excluding hydrogens is 132 g/mol. The van der Waals surface area contributed by atoms with Gasteiger partial charge < -0.3 is 10.2 Å². The van der Waals surface area contributed by atoms with E-state index in [1.54, 1.807) is 5.01 Å². The number of hydrazine groups is 1. The SMILES string of the molecule is OC1C2CCNN(C2)C1O. The van der Waals surface area contributed by atoms with E-state index in [9.17, 15) is 10.2 Å². The fourth-order valence-electron chi connectivity index (χ4n) is 1.71. The van der Waals surface area contributed by atoms with Gasteiger partial charge in [-0.05, 0) is 6.42 Å². The number of nitrogens with zero attached hydrogens (tertiary/aromatic N) is 1. The van der Waals surface area contributed by atoms with Gasteiger partial charge in [0, 0.05) is 19.0 Å². The number of hydrogen-bond donors (Lipinski definition) is 3. The maximum Gasteiger partial charge on any atom is 0.146 e. The largest absolute Gasteiger partial charge is 0.389 e. The zero-order valence-electron chi connectivity index (χ0n) is 5.70. The normalized spacial score (nSPS) is 53.4. The van der Waals surface area contributed by atoms with Crippen molar-refractivity contribution >= 4 is 0 Å². The monoisotopic (exact) mass is 144 g/mol. The predicted octanol–water partition coefficient (Wildman–Crippen LogP) is -1.49. The van der Waals surface area contributed by atoms with E-state index in [0.29, 0.717) is 0 Å². The number of hydrogen-bond acceptors (Lipinski definition) is 4. The molecule has 58 valence electrons. The molecule has 0 radical (unpaired) electrons. The molecule has 0 aromatic carbocycles. The van der Waals surface area contributed by atoms with E-state index < -0.39 is 12.3 Å². The summed E-state index contributed by atoms with van der Waals surface area (Å²) in [6, 6.07) is 0. The van der Waals surface area contributed by atoms with Crippen molar-refractivity contribution in [3.05, 3.63) is 0 Å². The summed E-state index contributed by atoms with van der Waals surface area (Å²) in [6.07, 6.45) is -0.267. The van der Waals surface area contributed by atoms with Gasteiger partial charge in [0.1, 0.15) is 6.23 Å². The number of rotatable bonds is 0. The second-order valence-corrected chi connectivity index (χ2v) is 3.01. The lowest BCUT2D eigenvalue weighted by Gasteiger charge is -2.23. The van der Waals surface area contributed by atoms with Gasteiger partial charge in [-0.25, -0.2) is 5.01 Å². The van der Waals surface area contributed by atoms with Crippen LogP contribution >= 0.6 is 0 Å². The number of nitrogens with one attached hydrogen (secondary N) is 1. The first-order valence-electron chi connectivity index (χ1n) is 3.65. The minimum Gasteiger partial charge on any atom is -0.389 e. The van der Waals surface area contributed by atoms with Crippen LogP contribution in [0.1, 0.15) is 6.42 Å². The Morgan fingerprint density at radius 2 is 2.20 bits per heavy atom. The Balaban J connectivity index is 2.13. The van der Waals surface area contributed by atoms with Crippen LogP contribution in [0, 0.1) is 5.92 Å². The molecule has 2 fully saturated rings. The number of aliphatic hydroxyl groups is 2. The molecule has 2 rings (SSSR count). The van der Waals surface area contributed by atoms with E-state index in [1.165, 1.54) is 0 Å². The highest BCUT2D eigenvalue weighted by molar-refractivity contribution is 4.88. The zero-order chi connectivity index (χ0) is 7.14. The molecule has 4 nitrogen and oxygen atoms in total. The molecule has 0 saturated carbocycles. The second-order valence-electron chi connectivity index (χ2n) is 3.01. The van der Waals surface area contributed by atoms with Crippen LogP contribution in [0.4, 0.5) is 0 Å². The molecule has 2 bridgehead atoms. The molecule has 2 heterocycles. The summed E-state index contributed by atoms with van der Waals surface area (Å²) in [6.45, 7) is 1.65. The first kappa shape index (κ1) is 6.54. The van der Waals surface area contributed by atoms with Crippen molar-refractivity contribution in [1.82, 2.24) is 10.4 Å². The lowest BCUT2D eigenvalue weighted by atomic mass is 10.0. The highest BCUT2D eigenvalue weighted by atomic mass is 16.4. The van der Waals surface area contributed by atoms with Gasteiger partial charge in [-0.15, -0.1) is 0 Å². The maximum atomic E-state index is 9.34. The fraction of sp³-hybridized carbons (Fsp3) is 1.00. The van der Waals surface area contributed by atoms with E-state index in [1.807, 2.05) is 0 Å². The van der Waals surface area contributed by atoms with Crippen LogP contribution in [0.3, 0.4) is 0 Å². The van der Waals surface area contributed by atoms with Crippen LogP contribution < -0.4 is 5.43 Å². The average Bonchev–Trinajstić information content (AvgIpc) is 2.17. The minimum atomic E-state index is -0.688. The first-order chi connectivity index (χ1) is 4.79. The van der Waals surface area contributed by atoms with E-state index in [0.717, 1.165) is 19.5 Å². The Hall–Kier alpha value is -0.160. The molecule has 0 amide bonds. The third kappa shape index (κ3) is 0.769. The van der Waals surface area contributed by atoms with Crippen LogP contribution in [0.25, 0.3) is 0 Å². The van der Waals surface area contributed by atoms with Gasteiger partial charge in [0.15, 0.2) is 0 Å². The number of fused-ring (bicyclic) bond motifs is 2. The molecule has 0 spiro atoms. The van der Waals surface area contributed by atoms with Gasteiger partial charge in [0.05, 0.1) is 6.10 Å². The Kier molecular flexibility index (Phi) is 1.42.